The van der Waals surface area contributed by atoms with Crippen LogP contribution in [0.1, 0.15) is 17.0 Å². The van der Waals surface area contributed by atoms with E-state index in [-0.39, 0.29) is 18.2 Å². The fraction of sp³-hybridized carbons (Fsp3) is 0.176. The molecule has 0 amide bonds. The number of nitrogens with zero attached hydrogens (tertiary/aromatic N) is 2. The second kappa shape index (κ2) is 7.35. The average Bonchev–Trinajstić information content (AvgIpc) is 3.05. The highest BCUT2D eigenvalue weighted by Crippen LogP contribution is 2.18. The minimum Gasteiger partial charge on any atom is -0.338 e. The molecule has 0 saturated heterocycles. The van der Waals surface area contributed by atoms with Crippen LogP contribution < -0.4 is 4.72 Å². The van der Waals surface area contributed by atoms with E-state index in [9.17, 15) is 8.42 Å². The molecule has 8 heteroatoms. The zero-order valence-corrected chi connectivity index (χ0v) is 15.0. The van der Waals surface area contributed by atoms with Gasteiger partial charge in [0.1, 0.15) is 0 Å². The van der Waals surface area contributed by atoms with Crippen LogP contribution in [-0.2, 0) is 22.3 Å². The van der Waals surface area contributed by atoms with Crippen LogP contribution in [0.5, 0.6) is 0 Å². The number of halogens is 1. The zero-order chi connectivity index (χ0) is 17.9. The number of hydrogen-bond acceptors (Lipinski definition) is 5. The smallest absolute Gasteiger partial charge is 0.242 e. The molecule has 1 aromatic heterocycles. The molecule has 0 atom stereocenters. The van der Waals surface area contributed by atoms with Gasteiger partial charge in [0.2, 0.25) is 21.7 Å². The normalized spacial score (nSPS) is 11.6. The summed E-state index contributed by atoms with van der Waals surface area (Å²) >= 11 is 6.00. The Bertz CT molecular complexity index is 969. The quantitative estimate of drug-likeness (QED) is 0.712. The summed E-state index contributed by atoms with van der Waals surface area (Å²) in [6.07, 6.45) is 0. The van der Waals surface area contributed by atoms with Crippen molar-refractivity contribution < 1.29 is 12.9 Å². The van der Waals surface area contributed by atoms with Gasteiger partial charge in [0.15, 0.2) is 0 Å². The van der Waals surface area contributed by atoms with Crippen molar-refractivity contribution in [2.24, 2.45) is 0 Å². The third-order valence-corrected chi connectivity index (χ3v) is 5.17. The van der Waals surface area contributed by atoms with Gasteiger partial charge >= 0.3 is 0 Å². The Labute approximate surface area is 150 Å². The van der Waals surface area contributed by atoms with Crippen molar-refractivity contribution in [3.63, 3.8) is 0 Å². The van der Waals surface area contributed by atoms with E-state index in [1.165, 1.54) is 0 Å². The van der Waals surface area contributed by atoms with E-state index in [0.717, 1.165) is 11.1 Å². The van der Waals surface area contributed by atoms with Gasteiger partial charge in [-0.15, -0.1) is 0 Å². The van der Waals surface area contributed by atoms with E-state index in [0.29, 0.717) is 16.4 Å². The SMILES string of the molecule is Cc1ccc(-c2noc(CNS(=O)(=O)Cc3ccccc3Cl)n2)cc1. The molecule has 25 heavy (non-hydrogen) atoms. The first-order chi connectivity index (χ1) is 11.9. The second-order valence-electron chi connectivity index (χ2n) is 5.55. The Morgan fingerprint density at radius 1 is 1.12 bits per heavy atom. The van der Waals surface area contributed by atoms with Crippen LogP contribution >= 0.6 is 11.6 Å². The maximum absolute atomic E-state index is 12.2. The largest absolute Gasteiger partial charge is 0.338 e. The van der Waals surface area contributed by atoms with E-state index in [1.807, 2.05) is 31.2 Å². The number of sulfonamides is 1. The molecule has 0 aliphatic heterocycles. The maximum atomic E-state index is 12.2. The van der Waals surface area contributed by atoms with Crippen molar-refractivity contribution in [2.75, 3.05) is 0 Å². The standard InChI is InChI=1S/C17H16ClN3O3S/c1-12-6-8-13(9-7-12)17-20-16(24-21-17)10-19-25(22,23)11-14-4-2-3-5-15(14)18/h2-9,19H,10-11H2,1H3. The van der Waals surface area contributed by atoms with Gasteiger partial charge < -0.3 is 4.52 Å². The Morgan fingerprint density at radius 3 is 2.56 bits per heavy atom. The Hall–Kier alpha value is -2.22. The molecule has 1 heterocycles. The molecule has 6 nitrogen and oxygen atoms in total. The second-order valence-corrected chi connectivity index (χ2v) is 7.76. The molecule has 0 spiro atoms. The lowest BCUT2D eigenvalue weighted by Gasteiger charge is -2.06. The van der Waals surface area contributed by atoms with Crippen molar-refractivity contribution in [1.29, 1.82) is 0 Å². The van der Waals surface area contributed by atoms with Crippen molar-refractivity contribution in [3.8, 4) is 11.4 Å². The molecule has 130 valence electrons. The van der Waals surface area contributed by atoms with Gasteiger partial charge in [-0.1, -0.05) is 64.8 Å². The molecule has 0 aliphatic carbocycles. The first-order valence-electron chi connectivity index (χ1n) is 7.53. The summed E-state index contributed by atoms with van der Waals surface area (Å²) in [5.74, 6) is 0.393. The van der Waals surface area contributed by atoms with Crippen LogP contribution in [-0.4, -0.2) is 18.6 Å². The Balaban J connectivity index is 1.65. The molecule has 0 saturated carbocycles. The summed E-state index contributed by atoms with van der Waals surface area (Å²) in [4.78, 5) is 4.21. The Morgan fingerprint density at radius 2 is 1.84 bits per heavy atom. The van der Waals surface area contributed by atoms with Gasteiger partial charge in [0, 0.05) is 10.6 Å². The first kappa shape index (κ1) is 17.6. The third-order valence-electron chi connectivity index (χ3n) is 3.52. The van der Waals surface area contributed by atoms with Gasteiger partial charge in [-0.05, 0) is 18.6 Å². The van der Waals surface area contributed by atoms with Crippen LogP contribution in [0.3, 0.4) is 0 Å². The van der Waals surface area contributed by atoms with Gasteiger partial charge in [-0.2, -0.15) is 4.98 Å². The minimum absolute atomic E-state index is 0.0777. The van der Waals surface area contributed by atoms with E-state index in [4.69, 9.17) is 16.1 Å². The predicted octanol–water partition coefficient (Wildman–Crippen LogP) is 3.32. The highest BCUT2D eigenvalue weighted by atomic mass is 35.5. The minimum atomic E-state index is -3.58. The number of hydrogen-bond donors (Lipinski definition) is 1. The number of aryl methyl sites for hydroxylation is 1. The van der Waals surface area contributed by atoms with Crippen molar-refractivity contribution in [3.05, 3.63) is 70.6 Å². The van der Waals surface area contributed by atoms with Gasteiger partial charge in [0.25, 0.3) is 0 Å². The monoisotopic (exact) mass is 377 g/mol. The average molecular weight is 378 g/mol. The third kappa shape index (κ3) is 4.66. The molecule has 0 radical (unpaired) electrons. The molecule has 2 aromatic carbocycles. The van der Waals surface area contributed by atoms with E-state index in [2.05, 4.69) is 14.9 Å². The van der Waals surface area contributed by atoms with Crippen LogP contribution in [0.2, 0.25) is 5.02 Å². The van der Waals surface area contributed by atoms with Crippen LogP contribution in [0.15, 0.2) is 53.1 Å². The van der Waals surface area contributed by atoms with Crippen LogP contribution in [0.4, 0.5) is 0 Å². The topological polar surface area (TPSA) is 85.1 Å². The zero-order valence-electron chi connectivity index (χ0n) is 13.4. The lowest BCUT2D eigenvalue weighted by molar-refractivity contribution is 0.376. The number of benzene rings is 2. The summed E-state index contributed by atoms with van der Waals surface area (Å²) < 4.78 is 31.9. The summed E-state index contributed by atoms with van der Waals surface area (Å²) in [5, 5.41) is 4.28. The molecule has 0 unspecified atom stereocenters. The number of rotatable bonds is 6. The molecule has 3 aromatic rings. The summed E-state index contributed by atoms with van der Waals surface area (Å²) in [5.41, 5.74) is 2.46. The highest BCUT2D eigenvalue weighted by molar-refractivity contribution is 7.88. The van der Waals surface area contributed by atoms with Crippen molar-refractivity contribution in [1.82, 2.24) is 14.9 Å². The molecule has 1 N–H and O–H groups in total. The summed E-state index contributed by atoms with van der Waals surface area (Å²) in [6.45, 7) is 1.91. The van der Waals surface area contributed by atoms with Gasteiger partial charge in [-0.3, -0.25) is 0 Å². The molecular formula is C17H16ClN3O3S. The summed E-state index contributed by atoms with van der Waals surface area (Å²) in [7, 11) is -3.58. The van der Waals surface area contributed by atoms with Crippen LogP contribution in [0.25, 0.3) is 11.4 Å². The fourth-order valence-electron chi connectivity index (χ4n) is 2.19. The highest BCUT2D eigenvalue weighted by Gasteiger charge is 2.16. The fourth-order valence-corrected chi connectivity index (χ4v) is 3.58. The van der Waals surface area contributed by atoms with Crippen LogP contribution in [0, 0.1) is 6.92 Å². The van der Waals surface area contributed by atoms with E-state index < -0.39 is 10.0 Å². The number of aromatic nitrogens is 2. The maximum Gasteiger partial charge on any atom is 0.242 e. The molecule has 0 bridgehead atoms. The number of nitrogens with one attached hydrogen (secondary N) is 1. The van der Waals surface area contributed by atoms with E-state index >= 15 is 0 Å². The molecular weight excluding hydrogens is 362 g/mol. The van der Waals surface area contributed by atoms with Crippen molar-refractivity contribution >= 4 is 21.6 Å². The molecule has 0 fully saturated rings. The van der Waals surface area contributed by atoms with E-state index in [1.54, 1.807) is 24.3 Å². The first-order valence-corrected chi connectivity index (χ1v) is 9.56. The lowest BCUT2D eigenvalue weighted by atomic mass is 10.1. The molecule has 0 aliphatic rings. The van der Waals surface area contributed by atoms with Gasteiger partial charge in [-0.25, -0.2) is 13.1 Å². The predicted molar refractivity (Wildman–Crippen MR) is 95.4 cm³/mol. The summed E-state index contributed by atoms with van der Waals surface area (Å²) in [6, 6.07) is 14.5. The van der Waals surface area contributed by atoms with Gasteiger partial charge in [0.05, 0.1) is 12.3 Å². The molecule has 3 rings (SSSR count). The lowest BCUT2D eigenvalue weighted by Crippen LogP contribution is -2.25. The Kier molecular flexibility index (Phi) is 5.17. The van der Waals surface area contributed by atoms with Crippen molar-refractivity contribution in [2.45, 2.75) is 19.2 Å².